The Hall–Kier alpha value is -2.57. The van der Waals surface area contributed by atoms with Gasteiger partial charge in [0.2, 0.25) is 0 Å². The van der Waals surface area contributed by atoms with Crippen molar-refractivity contribution >= 4 is 5.97 Å². The maximum Gasteiger partial charge on any atom is 0.417 e. The van der Waals surface area contributed by atoms with Crippen molar-refractivity contribution in [2.24, 2.45) is 0 Å². The summed E-state index contributed by atoms with van der Waals surface area (Å²) in [5.74, 6) is -0.869. The van der Waals surface area contributed by atoms with Crippen LogP contribution in [0.2, 0.25) is 0 Å². The highest BCUT2D eigenvalue weighted by Gasteiger charge is 2.34. The number of hydrogen-bond acceptors (Lipinski definition) is 3. The average Bonchev–Trinajstić information content (AvgIpc) is 2.51. The highest BCUT2D eigenvalue weighted by Crippen LogP contribution is 2.39. The van der Waals surface area contributed by atoms with E-state index in [1.807, 2.05) is 0 Å². The van der Waals surface area contributed by atoms with Crippen molar-refractivity contribution in [3.63, 3.8) is 0 Å². The van der Waals surface area contributed by atoms with Gasteiger partial charge in [0, 0.05) is 24.4 Å². The van der Waals surface area contributed by atoms with Gasteiger partial charge in [-0.15, -0.1) is 0 Å². The molecule has 0 aliphatic heterocycles. The summed E-state index contributed by atoms with van der Waals surface area (Å²) in [4.78, 5) is 14.5. The lowest BCUT2D eigenvalue weighted by molar-refractivity contribution is -0.138. The smallest absolute Gasteiger partial charge is 0.417 e. The molecule has 2 rings (SSSR count). The Morgan fingerprint density at radius 1 is 1.26 bits per heavy atom. The van der Waals surface area contributed by atoms with Crippen molar-refractivity contribution < 1.29 is 27.8 Å². The lowest BCUT2D eigenvalue weighted by Gasteiger charge is -2.14. The first-order chi connectivity index (χ1) is 10.8. The quantitative estimate of drug-likeness (QED) is 0.908. The van der Waals surface area contributed by atoms with Crippen LogP contribution in [-0.2, 0) is 17.4 Å². The number of carboxylic acids is 1. The zero-order valence-electron chi connectivity index (χ0n) is 12.2. The molecule has 0 bridgehead atoms. The van der Waals surface area contributed by atoms with Gasteiger partial charge in [-0.2, -0.15) is 13.2 Å². The zero-order valence-corrected chi connectivity index (χ0v) is 12.2. The molecule has 0 radical (unpaired) electrons. The highest BCUT2D eigenvalue weighted by atomic mass is 19.4. The monoisotopic (exact) mass is 325 g/mol. The molecule has 7 heteroatoms. The third kappa shape index (κ3) is 4.21. The Kier molecular flexibility index (Phi) is 4.88. The maximum absolute atomic E-state index is 13.3. The van der Waals surface area contributed by atoms with Crippen LogP contribution in [0.3, 0.4) is 0 Å². The van der Waals surface area contributed by atoms with Crippen molar-refractivity contribution in [3.05, 3.63) is 47.8 Å². The van der Waals surface area contributed by atoms with E-state index < -0.39 is 17.7 Å². The first-order valence-corrected chi connectivity index (χ1v) is 6.72. The van der Waals surface area contributed by atoms with Gasteiger partial charge in [0.1, 0.15) is 5.75 Å². The number of carboxylic acid groups (broad SMARTS) is 1. The van der Waals surface area contributed by atoms with Gasteiger partial charge in [-0.05, 0) is 35.7 Å². The molecule has 1 aromatic heterocycles. The summed E-state index contributed by atoms with van der Waals surface area (Å²) in [5.41, 5.74) is -0.00582. The first-order valence-electron chi connectivity index (χ1n) is 6.72. The molecule has 0 amide bonds. The normalized spacial score (nSPS) is 11.3. The predicted octanol–water partition coefficient (Wildman–Crippen LogP) is 3.79. The van der Waals surface area contributed by atoms with Crippen LogP contribution >= 0.6 is 0 Å². The molecule has 1 heterocycles. The highest BCUT2D eigenvalue weighted by molar-refractivity contribution is 5.70. The molecule has 0 aliphatic carbocycles. The van der Waals surface area contributed by atoms with E-state index in [1.54, 1.807) is 0 Å². The maximum atomic E-state index is 13.3. The molecule has 0 saturated heterocycles. The van der Waals surface area contributed by atoms with Gasteiger partial charge in [0.05, 0.1) is 12.7 Å². The Labute approximate surface area is 130 Å². The van der Waals surface area contributed by atoms with Crippen LogP contribution in [0.5, 0.6) is 5.75 Å². The molecule has 0 atom stereocenters. The van der Waals surface area contributed by atoms with Gasteiger partial charge in [-0.25, -0.2) is 0 Å². The summed E-state index contributed by atoms with van der Waals surface area (Å²) in [6, 6.07) is 5.21. The fourth-order valence-corrected chi connectivity index (χ4v) is 2.16. The number of aliphatic carboxylic acids is 1. The summed E-state index contributed by atoms with van der Waals surface area (Å²) in [6.07, 6.45) is -1.68. The van der Waals surface area contributed by atoms with Gasteiger partial charge in [-0.1, -0.05) is 6.07 Å². The van der Waals surface area contributed by atoms with Gasteiger partial charge >= 0.3 is 12.1 Å². The number of benzene rings is 1. The second-order valence-corrected chi connectivity index (χ2v) is 4.88. The molecule has 0 spiro atoms. The molecular weight excluding hydrogens is 311 g/mol. The van der Waals surface area contributed by atoms with Crippen molar-refractivity contribution in [1.29, 1.82) is 0 Å². The van der Waals surface area contributed by atoms with Crippen LogP contribution in [0.25, 0.3) is 11.1 Å². The van der Waals surface area contributed by atoms with Crippen LogP contribution in [0.1, 0.15) is 17.5 Å². The number of hydrogen-bond donors (Lipinski definition) is 1. The second-order valence-electron chi connectivity index (χ2n) is 4.88. The summed E-state index contributed by atoms with van der Waals surface area (Å²) in [7, 11) is 1.29. The van der Waals surface area contributed by atoms with Gasteiger partial charge < -0.3 is 9.84 Å². The number of alkyl halides is 3. The van der Waals surface area contributed by atoms with E-state index in [-0.39, 0.29) is 29.7 Å². The minimum absolute atomic E-state index is 0.0250. The van der Waals surface area contributed by atoms with Crippen molar-refractivity contribution in [2.45, 2.75) is 19.0 Å². The van der Waals surface area contributed by atoms with Gasteiger partial charge in [0.15, 0.2) is 0 Å². The number of carbonyl (C=O) groups is 1. The molecule has 4 nitrogen and oxygen atoms in total. The summed E-state index contributed by atoms with van der Waals surface area (Å²) < 4.78 is 44.6. The molecule has 0 aliphatic rings. The van der Waals surface area contributed by atoms with E-state index in [4.69, 9.17) is 9.84 Å². The standard InChI is InChI=1S/C16H14F3NO3/c1-23-12-3-4-13(14(7-12)16(17,18)19)11-6-10(8-20-9-11)2-5-15(21)22/h3-4,6-9H,2,5H2,1H3,(H,21,22). The Morgan fingerprint density at radius 3 is 2.61 bits per heavy atom. The van der Waals surface area contributed by atoms with E-state index in [9.17, 15) is 18.0 Å². The Morgan fingerprint density at radius 2 is 2.00 bits per heavy atom. The Bertz CT molecular complexity index is 714. The molecule has 0 saturated carbocycles. The molecule has 1 aromatic carbocycles. The van der Waals surface area contributed by atoms with Crippen LogP contribution in [0.4, 0.5) is 13.2 Å². The number of methoxy groups -OCH3 is 1. The van der Waals surface area contributed by atoms with E-state index in [0.29, 0.717) is 5.56 Å². The molecular formula is C16H14F3NO3. The van der Waals surface area contributed by atoms with Gasteiger partial charge in [-0.3, -0.25) is 9.78 Å². The van der Waals surface area contributed by atoms with Crippen LogP contribution in [-0.4, -0.2) is 23.2 Å². The topological polar surface area (TPSA) is 59.4 Å². The molecule has 122 valence electrons. The summed E-state index contributed by atoms with van der Waals surface area (Å²) in [6.45, 7) is 0. The van der Waals surface area contributed by atoms with Crippen LogP contribution in [0, 0.1) is 0 Å². The lowest BCUT2D eigenvalue weighted by Crippen LogP contribution is -2.08. The number of halogens is 3. The van der Waals surface area contributed by atoms with Gasteiger partial charge in [0.25, 0.3) is 0 Å². The first kappa shape index (κ1) is 16.8. The number of rotatable bonds is 5. The van der Waals surface area contributed by atoms with Crippen LogP contribution < -0.4 is 4.74 Å². The van der Waals surface area contributed by atoms with E-state index in [1.165, 1.54) is 37.7 Å². The number of ether oxygens (including phenoxy) is 1. The van der Waals surface area contributed by atoms with Crippen LogP contribution in [0.15, 0.2) is 36.7 Å². The number of aryl methyl sites for hydroxylation is 1. The van der Waals surface area contributed by atoms with Crippen molar-refractivity contribution in [2.75, 3.05) is 7.11 Å². The second kappa shape index (κ2) is 6.68. The zero-order chi connectivity index (χ0) is 17.0. The van der Waals surface area contributed by atoms with Crippen molar-refractivity contribution in [3.8, 4) is 16.9 Å². The fourth-order valence-electron chi connectivity index (χ4n) is 2.16. The fraction of sp³-hybridized carbons (Fsp3) is 0.250. The summed E-state index contributed by atoms with van der Waals surface area (Å²) in [5, 5.41) is 8.69. The largest absolute Gasteiger partial charge is 0.497 e. The number of aromatic nitrogens is 1. The minimum atomic E-state index is -4.54. The van der Waals surface area contributed by atoms with E-state index in [2.05, 4.69) is 4.98 Å². The predicted molar refractivity (Wildman–Crippen MR) is 77.2 cm³/mol. The van der Waals surface area contributed by atoms with Crippen molar-refractivity contribution in [1.82, 2.24) is 4.98 Å². The molecule has 23 heavy (non-hydrogen) atoms. The number of nitrogens with zero attached hydrogens (tertiary/aromatic N) is 1. The SMILES string of the molecule is COc1ccc(-c2cncc(CCC(=O)O)c2)c(C(F)(F)F)c1. The van der Waals surface area contributed by atoms with E-state index >= 15 is 0 Å². The molecule has 0 fully saturated rings. The van der Waals surface area contributed by atoms with E-state index in [0.717, 1.165) is 6.07 Å². The molecule has 1 N–H and O–H groups in total. The number of pyridine rings is 1. The third-order valence-corrected chi connectivity index (χ3v) is 3.27. The molecule has 2 aromatic rings. The summed E-state index contributed by atoms with van der Waals surface area (Å²) >= 11 is 0. The third-order valence-electron chi connectivity index (χ3n) is 3.27. The minimum Gasteiger partial charge on any atom is -0.497 e. The lowest BCUT2D eigenvalue weighted by atomic mass is 9.98. The Balaban J connectivity index is 2.45. The molecule has 0 unspecified atom stereocenters. The average molecular weight is 325 g/mol.